The van der Waals surface area contributed by atoms with Crippen molar-refractivity contribution in [2.75, 3.05) is 0 Å². The molecule has 0 saturated heterocycles. The average molecular weight is 460 g/mol. The van der Waals surface area contributed by atoms with E-state index in [1.165, 1.54) is 44.0 Å². The third-order valence-electron chi connectivity index (χ3n) is 7.31. The SMILES string of the molecule is c1ccc(-n2c3ccccc3c3cc(-c4ccc5nc6[nH]c7ccccc7c6cc5c4)ccc32)cc1. The first kappa shape index (κ1) is 19.4. The summed E-state index contributed by atoms with van der Waals surface area (Å²) >= 11 is 0. The molecule has 3 nitrogen and oxygen atoms in total. The molecule has 0 aliphatic carbocycles. The monoisotopic (exact) mass is 459 g/mol. The highest BCUT2D eigenvalue weighted by Crippen LogP contribution is 2.36. The van der Waals surface area contributed by atoms with Crippen molar-refractivity contribution in [3.63, 3.8) is 0 Å². The highest BCUT2D eigenvalue weighted by atomic mass is 15.0. The van der Waals surface area contributed by atoms with Crippen molar-refractivity contribution in [1.82, 2.24) is 14.5 Å². The summed E-state index contributed by atoms with van der Waals surface area (Å²) in [5.74, 6) is 0. The Hall–Kier alpha value is -4.89. The molecule has 8 aromatic rings. The fourth-order valence-electron chi connectivity index (χ4n) is 5.62. The van der Waals surface area contributed by atoms with Gasteiger partial charge in [0.1, 0.15) is 5.65 Å². The summed E-state index contributed by atoms with van der Waals surface area (Å²) < 4.78 is 2.35. The van der Waals surface area contributed by atoms with E-state index < -0.39 is 0 Å². The minimum absolute atomic E-state index is 0.937. The molecule has 0 atom stereocenters. The van der Waals surface area contributed by atoms with E-state index in [9.17, 15) is 0 Å². The Kier molecular flexibility index (Phi) is 3.94. The van der Waals surface area contributed by atoms with Crippen LogP contribution in [-0.2, 0) is 0 Å². The van der Waals surface area contributed by atoms with Crippen LogP contribution in [0.3, 0.4) is 0 Å². The second-order valence-corrected chi connectivity index (χ2v) is 9.38. The molecule has 168 valence electrons. The molecule has 0 radical (unpaired) electrons. The van der Waals surface area contributed by atoms with Gasteiger partial charge in [-0.25, -0.2) is 4.98 Å². The lowest BCUT2D eigenvalue weighted by Crippen LogP contribution is -1.92. The highest BCUT2D eigenvalue weighted by Gasteiger charge is 2.13. The molecule has 36 heavy (non-hydrogen) atoms. The molecule has 0 bridgehead atoms. The predicted octanol–water partition coefficient (Wildman–Crippen LogP) is 8.63. The van der Waals surface area contributed by atoms with Crippen LogP contribution in [0.5, 0.6) is 0 Å². The molecule has 3 heterocycles. The van der Waals surface area contributed by atoms with Crippen LogP contribution >= 0.6 is 0 Å². The number of pyridine rings is 1. The molecule has 0 fully saturated rings. The zero-order valence-electron chi connectivity index (χ0n) is 19.4. The summed E-state index contributed by atoms with van der Waals surface area (Å²) in [6.45, 7) is 0. The lowest BCUT2D eigenvalue weighted by molar-refractivity contribution is 1.18. The van der Waals surface area contributed by atoms with E-state index in [-0.39, 0.29) is 0 Å². The minimum atomic E-state index is 0.937. The molecule has 0 saturated carbocycles. The molecule has 3 heteroatoms. The zero-order chi connectivity index (χ0) is 23.6. The Morgan fingerprint density at radius 1 is 0.528 bits per heavy atom. The van der Waals surface area contributed by atoms with Crippen LogP contribution in [0.4, 0.5) is 0 Å². The molecule has 5 aromatic carbocycles. The quantitative estimate of drug-likeness (QED) is 0.276. The van der Waals surface area contributed by atoms with Crippen molar-refractivity contribution in [1.29, 1.82) is 0 Å². The summed E-state index contributed by atoms with van der Waals surface area (Å²) in [6, 6.07) is 43.3. The lowest BCUT2D eigenvalue weighted by atomic mass is 10.0. The second kappa shape index (κ2) is 7.30. The van der Waals surface area contributed by atoms with Gasteiger partial charge in [0.2, 0.25) is 0 Å². The number of rotatable bonds is 2. The van der Waals surface area contributed by atoms with Gasteiger partial charge in [-0.05, 0) is 65.7 Å². The molecule has 0 spiro atoms. The normalized spacial score (nSPS) is 11.9. The summed E-state index contributed by atoms with van der Waals surface area (Å²) in [5.41, 5.74) is 9.08. The fourth-order valence-corrected chi connectivity index (χ4v) is 5.62. The largest absolute Gasteiger partial charge is 0.339 e. The molecule has 0 aliphatic heterocycles. The predicted molar refractivity (Wildman–Crippen MR) is 151 cm³/mol. The van der Waals surface area contributed by atoms with E-state index in [2.05, 4.69) is 131 Å². The number of aromatic nitrogens is 3. The van der Waals surface area contributed by atoms with Gasteiger partial charge in [0.25, 0.3) is 0 Å². The van der Waals surface area contributed by atoms with Crippen LogP contribution < -0.4 is 0 Å². The van der Waals surface area contributed by atoms with E-state index in [1.54, 1.807) is 0 Å². The van der Waals surface area contributed by atoms with E-state index in [4.69, 9.17) is 4.98 Å². The molecular weight excluding hydrogens is 438 g/mol. The summed E-state index contributed by atoms with van der Waals surface area (Å²) in [4.78, 5) is 8.37. The number of nitrogens with zero attached hydrogens (tertiary/aromatic N) is 2. The number of fused-ring (bicyclic) bond motifs is 7. The first-order chi connectivity index (χ1) is 17.8. The van der Waals surface area contributed by atoms with Crippen molar-refractivity contribution in [2.24, 2.45) is 0 Å². The van der Waals surface area contributed by atoms with Crippen LogP contribution in [0.15, 0.2) is 121 Å². The smallest absolute Gasteiger partial charge is 0.139 e. The third-order valence-corrected chi connectivity index (χ3v) is 7.31. The standard InChI is InChI=1S/C33H21N3/c1-2-8-24(9-3-1)36-31-13-7-5-11-26(31)27-19-22(15-17-32(27)36)21-14-16-29-23(18-21)20-28-25-10-4-6-12-30(25)35-33(28)34-29/h1-20H,(H,34,35). The number of hydrogen-bond donors (Lipinski definition) is 1. The Labute approximate surface area is 207 Å². The average Bonchev–Trinajstić information content (AvgIpc) is 3.46. The maximum Gasteiger partial charge on any atom is 0.139 e. The Bertz CT molecular complexity index is 2100. The van der Waals surface area contributed by atoms with Gasteiger partial charge in [0.15, 0.2) is 0 Å². The van der Waals surface area contributed by atoms with Gasteiger partial charge in [0, 0.05) is 38.1 Å². The fraction of sp³-hybridized carbons (Fsp3) is 0. The van der Waals surface area contributed by atoms with Crippen molar-refractivity contribution in [3.05, 3.63) is 121 Å². The van der Waals surface area contributed by atoms with E-state index in [0.717, 1.165) is 27.5 Å². The molecule has 0 aliphatic rings. The highest BCUT2D eigenvalue weighted by molar-refractivity contribution is 6.11. The lowest BCUT2D eigenvalue weighted by Gasteiger charge is -2.08. The third kappa shape index (κ3) is 2.77. The van der Waals surface area contributed by atoms with E-state index >= 15 is 0 Å². The molecule has 0 amide bonds. The Morgan fingerprint density at radius 2 is 1.25 bits per heavy atom. The van der Waals surface area contributed by atoms with Gasteiger partial charge in [-0.15, -0.1) is 0 Å². The number of benzene rings is 5. The van der Waals surface area contributed by atoms with Crippen LogP contribution in [0.2, 0.25) is 0 Å². The van der Waals surface area contributed by atoms with Gasteiger partial charge in [-0.1, -0.05) is 66.7 Å². The number of H-pyrrole nitrogens is 1. The number of nitrogens with one attached hydrogen (secondary N) is 1. The van der Waals surface area contributed by atoms with Crippen molar-refractivity contribution in [3.8, 4) is 16.8 Å². The van der Waals surface area contributed by atoms with E-state index in [1.807, 2.05) is 0 Å². The van der Waals surface area contributed by atoms with Crippen molar-refractivity contribution < 1.29 is 0 Å². The summed E-state index contributed by atoms with van der Waals surface area (Å²) in [6.07, 6.45) is 0. The van der Waals surface area contributed by atoms with Crippen LogP contribution in [-0.4, -0.2) is 14.5 Å². The van der Waals surface area contributed by atoms with Crippen LogP contribution in [0.1, 0.15) is 0 Å². The van der Waals surface area contributed by atoms with Gasteiger partial charge in [0.05, 0.1) is 16.6 Å². The first-order valence-corrected chi connectivity index (χ1v) is 12.2. The van der Waals surface area contributed by atoms with Gasteiger partial charge in [-0.3, -0.25) is 0 Å². The molecular formula is C33H21N3. The maximum absolute atomic E-state index is 4.92. The Morgan fingerprint density at radius 3 is 2.17 bits per heavy atom. The van der Waals surface area contributed by atoms with Gasteiger partial charge < -0.3 is 9.55 Å². The second-order valence-electron chi connectivity index (χ2n) is 9.38. The zero-order valence-corrected chi connectivity index (χ0v) is 19.4. The number of para-hydroxylation sites is 3. The summed E-state index contributed by atoms with van der Waals surface area (Å²) in [5, 5.41) is 6.05. The van der Waals surface area contributed by atoms with Crippen molar-refractivity contribution >= 4 is 54.6 Å². The number of hydrogen-bond acceptors (Lipinski definition) is 1. The Balaban J connectivity index is 1.34. The number of aromatic amines is 1. The van der Waals surface area contributed by atoms with E-state index in [0.29, 0.717) is 0 Å². The van der Waals surface area contributed by atoms with Crippen LogP contribution in [0, 0.1) is 0 Å². The summed E-state index contributed by atoms with van der Waals surface area (Å²) in [7, 11) is 0. The van der Waals surface area contributed by atoms with Gasteiger partial charge in [-0.2, -0.15) is 0 Å². The van der Waals surface area contributed by atoms with Crippen molar-refractivity contribution in [2.45, 2.75) is 0 Å². The topological polar surface area (TPSA) is 33.6 Å². The molecule has 0 unspecified atom stereocenters. The minimum Gasteiger partial charge on any atom is -0.339 e. The van der Waals surface area contributed by atoms with Crippen LogP contribution in [0.25, 0.3) is 71.5 Å². The van der Waals surface area contributed by atoms with Gasteiger partial charge >= 0.3 is 0 Å². The first-order valence-electron chi connectivity index (χ1n) is 12.2. The molecule has 8 rings (SSSR count). The maximum atomic E-state index is 4.92. The molecule has 3 aromatic heterocycles. The molecule has 1 N–H and O–H groups in total.